The summed E-state index contributed by atoms with van der Waals surface area (Å²) in [6.07, 6.45) is 7.86. The first-order valence-electron chi connectivity index (χ1n) is 15.4. The summed E-state index contributed by atoms with van der Waals surface area (Å²) in [5.41, 5.74) is 1.65. The topological polar surface area (TPSA) is 136 Å². The zero-order valence-electron chi connectivity index (χ0n) is 25.9. The number of esters is 1. The number of rotatable bonds is 10. The fraction of sp³-hybridized carbons (Fsp3) is 0.581. The van der Waals surface area contributed by atoms with Crippen molar-refractivity contribution in [3.8, 4) is 0 Å². The van der Waals surface area contributed by atoms with Gasteiger partial charge in [-0.1, -0.05) is 0 Å². The van der Waals surface area contributed by atoms with Crippen LogP contribution in [0, 0.1) is 11.2 Å². The van der Waals surface area contributed by atoms with Crippen LogP contribution in [0.3, 0.4) is 0 Å². The molecule has 2 aliphatic rings. The molecule has 1 unspecified atom stereocenters. The molecule has 0 radical (unpaired) electrons. The number of piperidine rings is 1. The second-order valence-electron chi connectivity index (χ2n) is 12.6. The molecule has 0 spiro atoms. The van der Waals surface area contributed by atoms with E-state index in [0.29, 0.717) is 54.7 Å². The average Bonchev–Trinajstić information content (AvgIpc) is 3.44. The molecule has 12 nitrogen and oxygen atoms in total. The van der Waals surface area contributed by atoms with Gasteiger partial charge in [0.1, 0.15) is 31.0 Å². The van der Waals surface area contributed by atoms with E-state index >= 15 is 0 Å². The number of amides is 1. The predicted octanol–water partition coefficient (Wildman–Crippen LogP) is 4.57. The normalized spacial score (nSPS) is 20.2. The standard InChI is InChI=1S/C31H43FN8O4/c1-20(36-27-26-28(34-18-33-27)40(19-35-26)25-9-5-6-14-43-25)29(41)38-23-11-10-21(32)16-24(23)37-22-8-7-12-39(17-22)13-15-44-30(42)31(2,3)4/h10-11,16,18-20,22,25,37H,5-9,12-15,17H2,1-4H3,(H,38,41)(H,33,34,36)/t20-,22?,25-/m0/s1. The number of carbonyl (C=O) groups excluding carboxylic acids is 2. The number of fused-ring (bicyclic) bond motifs is 1. The fourth-order valence-electron chi connectivity index (χ4n) is 5.45. The van der Waals surface area contributed by atoms with Crippen LogP contribution in [0.25, 0.3) is 11.2 Å². The van der Waals surface area contributed by atoms with Crippen molar-refractivity contribution in [3.63, 3.8) is 0 Å². The van der Waals surface area contributed by atoms with Gasteiger partial charge in [-0.15, -0.1) is 0 Å². The fourth-order valence-corrected chi connectivity index (χ4v) is 5.45. The molecule has 1 amide bonds. The summed E-state index contributed by atoms with van der Waals surface area (Å²) in [6, 6.07) is 3.63. The molecule has 1 aromatic carbocycles. The number of anilines is 3. The van der Waals surface area contributed by atoms with Gasteiger partial charge in [0, 0.05) is 25.7 Å². The lowest BCUT2D eigenvalue weighted by molar-refractivity contribution is -0.153. The van der Waals surface area contributed by atoms with Crippen LogP contribution in [0.1, 0.15) is 66.0 Å². The third-order valence-corrected chi connectivity index (χ3v) is 7.93. The van der Waals surface area contributed by atoms with Crippen molar-refractivity contribution in [1.29, 1.82) is 0 Å². The van der Waals surface area contributed by atoms with Crippen LogP contribution in [-0.4, -0.2) is 81.2 Å². The van der Waals surface area contributed by atoms with Crippen LogP contribution >= 0.6 is 0 Å². The van der Waals surface area contributed by atoms with Gasteiger partial charge in [-0.05, 0) is 84.5 Å². The molecular weight excluding hydrogens is 567 g/mol. The quantitative estimate of drug-likeness (QED) is 0.280. The van der Waals surface area contributed by atoms with E-state index in [1.807, 2.05) is 25.3 Å². The molecule has 2 aromatic heterocycles. The van der Waals surface area contributed by atoms with Gasteiger partial charge in [0.15, 0.2) is 17.0 Å². The first kappa shape index (κ1) is 31.6. The molecule has 0 bridgehead atoms. The minimum atomic E-state index is -0.678. The molecule has 238 valence electrons. The van der Waals surface area contributed by atoms with E-state index in [0.717, 1.165) is 38.6 Å². The van der Waals surface area contributed by atoms with Crippen LogP contribution in [0.15, 0.2) is 30.9 Å². The number of halogens is 1. The molecule has 44 heavy (non-hydrogen) atoms. The monoisotopic (exact) mass is 610 g/mol. The molecule has 4 heterocycles. The summed E-state index contributed by atoms with van der Waals surface area (Å²) in [4.78, 5) is 40.9. The number of benzene rings is 1. The SMILES string of the molecule is C[C@H](Nc1ncnc2c1ncn2[C@@H]1CCCCO1)C(=O)Nc1ccc(F)cc1NC1CCCN(CCOC(=O)C(C)(C)C)C1. The van der Waals surface area contributed by atoms with Gasteiger partial charge in [-0.2, -0.15) is 0 Å². The molecule has 2 fully saturated rings. The van der Waals surface area contributed by atoms with Crippen molar-refractivity contribution in [3.05, 3.63) is 36.7 Å². The highest BCUT2D eigenvalue weighted by Gasteiger charge is 2.26. The van der Waals surface area contributed by atoms with Crippen LogP contribution in [0.4, 0.5) is 21.6 Å². The van der Waals surface area contributed by atoms with Crippen molar-refractivity contribution in [2.24, 2.45) is 5.41 Å². The minimum Gasteiger partial charge on any atom is -0.464 e. The zero-order valence-corrected chi connectivity index (χ0v) is 25.9. The van der Waals surface area contributed by atoms with Gasteiger partial charge in [0.05, 0.1) is 23.1 Å². The Balaban J connectivity index is 1.20. The molecule has 13 heteroatoms. The second-order valence-corrected chi connectivity index (χ2v) is 12.6. The van der Waals surface area contributed by atoms with E-state index in [4.69, 9.17) is 9.47 Å². The number of nitrogens with one attached hydrogen (secondary N) is 3. The first-order valence-corrected chi connectivity index (χ1v) is 15.4. The zero-order chi connectivity index (χ0) is 31.3. The summed E-state index contributed by atoms with van der Waals surface area (Å²) in [5, 5.41) is 9.52. The van der Waals surface area contributed by atoms with Gasteiger partial charge in [-0.3, -0.25) is 19.1 Å². The van der Waals surface area contributed by atoms with E-state index in [-0.39, 0.29) is 24.1 Å². The van der Waals surface area contributed by atoms with Gasteiger partial charge in [-0.25, -0.2) is 19.3 Å². The summed E-state index contributed by atoms with van der Waals surface area (Å²) < 4.78 is 27.6. The largest absolute Gasteiger partial charge is 0.464 e. The number of likely N-dealkylation sites (tertiary alicyclic amines) is 1. The van der Waals surface area contributed by atoms with E-state index in [1.54, 1.807) is 19.3 Å². The number of hydrogen-bond acceptors (Lipinski definition) is 10. The number of imidazole rings is 1. The Kier molecular flexibility index (Phi) is 9.94. The van der Waals surface area contributed by atoms with Crippen LogP contribution in [0.5, 0.6) is 0 Å². The summed E-state index contributed by atoms with van der Waals surface area (Å²) in [5.74, 6) is -0.493. The van der Waals surface area contributed by atoms with Crippen LogP contribution in [-0.2, 0) is 19.1 Å². The summed E-state index contributed by atoms with van der Waals surface area (Å²) in [7, 11) is 0. The molecule has 0 saturated carbocycles. The van der Waals surface area contributed by atoms with Gasteiger partial charge in [0.2, 0.25) is 5.91 Å². The lowest BCUT2D eigenvalue weighted by Gasteiger charge is -2.34. The Morgan fingerprint density at radius 3 is 2.75 bits per heavy atom. The summed E-state index contributed by atoms with van der Waals surface area (Å²) in [6.45, 7) is 10.5. The number of carbonyl (C=O) groups is 2. The highest BCUT2D eigenvalue weighted by atomic mass is 19.1. The molecule has 2 saturated heterocycles. The van der Waals surface area contributed by atoms with E-state index < -0.39 is 17.3 Å². The molecule has 5 rings (SSSR count). The number of ether oxygens (including phenoxy) is 2. The molecule has 2 aliphatic heterocycles. The molecule has 3 aromatic rings. The summed E-state index contributed by atoms with van der Waals surface area (Å²) >= 11 is 0. The molecule has 3 atom stereocenters. The Hall–Kier alpha value is -3.84. The van der Waals surface area contributed by atoms with Crippen molar-refractivity contribution in [1.82, 2.24) is 24.4 Å². The average molecular weight is 611 g/mol. The molecule has 3 N–H and O–H groups in total. The maximum atomic E-state index is 14.3. The lowest BCUT2D eigenvalue weighted by atomic mass is 9.97. The minimum absolute atomic E-state index is 0.0348. The second kappa shape index (κ2) is 13.9. The van der Waals surface area contributed by atoms with Crippen molar-refractivity contribution in [2.75, 3.05) is 48.8 Å². The maximum Gasteiger partial charge on any atom is 0.311 e. The van der Waals surface area contributed by atoms with E-state index in [1.165, 1.54) is 18.5 Å². The molecular formula is C31H43FN8O4. The lowest BCUT2D eigenvalue weighted by Crippen LogP contribution is -2.44. The maximum absolute atomic E-state index is 14.3. The Morgan fingerprint density at radius 2 is 1.98 bits per heavy atom. The Bertz CT molecular complexity index is 1450. The third kappa shape index (κ3) is 7.81. The van der Waals surface area contributed by atoms with Crippen LogP contribution < -0.4 is 16.0 Å². The third-order valence-electron chi connectivity index (χ3n) is 7.93. The first-order chi connectivity index (χ1) is 21.1. The number of aromatic nitrogens is 4. The van der Waals surface area contributed by atoms with E-state index in [9.17, 15) is 14.0 Å². The van der Waals surface area contributed by atoms with Gasteiger partial charge >= 0.3 is 5.97 Å². The predicted molar refractivity (Wildman–Crippen MR) is 166 cm³/mol. The van der Waals surface area contributed by atoms with Crippen molar-refractivity contribution < 1.29 is 23.5 Å². The highest BCUT2D eigenvalue weighted by Crippen LogP contribution is 2.29. The van der Waals surface area contributed by atoms with E-state index in [2.05, 4.69) is 35.8 Å². The number of nitrogens with zero attached hydrogens (tertiary/aromatic N) is 5. The highest BCUT2D eigenvalue weighted by molar-refractivity contribution is 5.99. The van der Waals surface area contributed by atoms with Crippen molar-refractivity contribution >= 4 is 40.2 Å². The van der Waals surface area contributed by atoms with Gasteiger partial charge in [0.25, 0.3) is 0 Å². The van der Waals surface area contributed by atoms with Crippen LogP contribution in [0.2, 0.25) is 0 Å². The van der Waals surface area contributed by atoms with Crippen molar-refractivity contribution in [2.45, 2.75) is 78.1 Å². The Labute approximate surface area is 257 Å². The number of hydrogen-bond donors (Lipinski definition) is 3. The van der Waals surface area contributed by atoms with Gasteiger partial charge < -0.3 is 25.4 Å². The Morgan fingerprint density at radius 1 is 1.14 bits per heavy atom. The smallest absolute Gasteiger partial charge is 0.311 e. The molecule has 0 aliphatic carbocycles.